The number of halogens is 3. The van der Waals surface area contributed by atoms with Crippen molar-refractivity contribution in [1.82, 2.24) is 9.78 Å². The first-order chi connectivity index (χ1) is 13.9. The molecule has 144 valence electrons. The topological polar surface area (TPSA) is 52.0 Å². The second kappa shape index (κ2) is 7.75. The Kier molecular flexibility index (Phi) is 5.30. The Hall–Kier alpha value is -2.47. The molecule has 4 rings (SSSR count). The van der Waals surface area contributed by atoms with Crippen molar-refractivity contribution < 1.29 is 4.79 Å². The highest BCUT2D eigenvalue weighted by atomic mass is 79.9. The van der Waals surface area contributed by atoms with Gasteiger partial charge in [0.05, 0.1) is 21.1 Å². The zero-order valence-electron chi connectivity index (χ0n) is 15.1. The van der Waals surface area contributed by atoms with E-state index in [0.29, 0.717) is 43.3 Å². The normalized spacial score (nSPS) is 11.0. The van der Waals surface area contributed by atoms with Gasteiger partial charge in [-0.3, -0.25) is 9.59 Å². The van der Waals surface area contributed by atoms with Gasteiger partial charge in [-0.15, -0.1) is 0 Å². The number of hydrogen-bond donors (Lipinski definition) is 0. The molecule has 4 aromatic rings. The predicted molar refractivity (Wildman–Crippen MR) is 121 cm³/mol. The lowest BCUT2D eigenvalue weighted by atomic mass is 10.0. The van der Waals surface area contributed by atoms with Crippen LogP contribution in [0.5, 0.6) is 0 Å². The molecule has 0 aliphatic carbocycles. The van der Waals surface area contributed by atoms with Crippen molar-refractivity contribution in [2.24, 2.45) is 0 Å². The molecule has 0 aliphatic heterocycles. The van der Waals surface area contributed by atoms with Crippen molar-refractivity contribution >= 4 is 55.7 Å². The highest BCUT2D eigenvalue weighted by Crippen LogP contribution is 2.31. The number of Topliss-reactive ketones (excluding diaryl/α,β-unsaturated/α-hetero) is 1. The van der Waals surface area contributed by atoms with Crippen LogP contribution in [-0.2, 0) is 0 Å². The van der Waals surface area contributed by atoms with Crippen molar-refractivity contribution in [3.8, 4) is 16.9 Å². The van der Waals surface area contributed by atoms with Crippen molar-refractivity contribution in [1.29, 1.82) is 0 Å². The molecule has 4 nitrogen and oxygen atoms in total. The minimum Gasteiger partial charge on any atom is -0.295 e. The third-order valence-corrected chi connectivity index (χ3v) is 5.60. The largest absolute Gasteiger partial charge is 0.295 e. The second-order valence-electron chi connectivity index (χ2n) is 6.47. The van der Waals surface area contributed by atoms with Crippen LogP contribution in [0, 0.1) is 0 Å². The Bertz CT molecular complexity index is 1330. The first kappa shape index (κ1) is 19.8. The molecule has 0 radical (unpaired) electrons. The maximum Gasteiger partial charge on any atom is 0.279 e. The van der Waals surface area contributed by atoms with Gasteiger partial charge in [0.25, 0.3) is 5.56 Å². The molecule has 0 bridgehead atoms. The number of nitrogens with zero attached hydrogens (tertiary/aromatic N) is 2. The summed E-state index contributed by atoms with van der Waals surface area (Å²) in [6, 6.07) is 17.5. The number of benzene rings is 3. The molecule has 0 saturated carbocycles. The lowest BCUT2D eigenvalue weighted by molar-refractivity contribution is 0.101. The SMILES string of the molecule is CC(=O)c1cc(Br)cc(-c2nn(-c3c(Cl)cccc3Cl)c(=O)c3ccccc23)c1. The molecule has 3 aromatic carbocycles. The summed E-state index contributed by atoms with van der Waals surface area (Å²) in [5.41, 5.74) is 1.75. The molecule has 0 saturated heterocycles. The number of fused-ring (bicyclic) bond motifs is 1. The van der Waals surface area contributed by atoms with Gasteiger partial charge in [0.15, 0.2) is 5.78 Å². The lowest BCUT2D eigenvalue weighted by Gasteiger charge is -2.14. The van der Waals surface area contributed by atoms with Gasteiger partial charge in [-0.05, 0) is 43.3 Å². The molecule has 0 N–H and O–H groups in total. The molecule has 1 aromatic heterocycles. The molecule has 0 aliphatic rings. The third-order valence-electron chi connectivity index (χ3n) is 4.53. The van der Waals surface area contributed by atoms with Crippen LogP contribution < -0.4 is 5.56 Å². The van der Waals surface area contributed by atoms with E-state index in [2.05, 4.69) is 21.0 Å². The summed E-state index contributed by atoms with van der Waals surface area (Å²) in [6.45, 7) is 1.50. The van der Waals surface area contributed by atoms with Crippen LogP contribution in [0.3, 0.4) is 0 Å². The summed E-state index contributed by atoms with van der Waals surface area (Å²) in [7, 11) is 0. The number of aromatic nitrogens is 2. The van der Waals surface area contributed by atoms with E-state index in [1.54, 1.807) is 42.5 Å². The number of hydrogen-bond acceptors (Lipinski definition) is 3. The maximum atomic E-state index is 13.2. The van der Waals surface area contributed by atoms with E-state index in [1.165, 1.54) is 11.6 Å². The summed E-state index contributed by atoms with van der Waals surface area (Å²) in [5, 5.41) is 6.37. The first-order valence-corrected chi connectivity index (χ1v) is 10.2. The van der Waals surface area contributed by atoms with E-state index >= 15 is 0 Å². The van der Waals surface area contributed by atoms with Crippen LogP contribution in [0.25, 0.3) is 27.7 Å². The van der Waals surface area contributed by atoms with Crippen LogP contribution in [0.2, 0.25) is 10.0 Å². The van der Waals surface area contributed by atoms with E-state index < -0.39 is 0 Å². The van der Waals surface area contributed by atoms with Crippen LogP contribution in [0.4, 0.5) is 0 Å². The van der Waals surface area contributed by atoms with Crippen LogP contribution in [0.1, 0.15) is 17.3 Å². The van der Waals surface area contributed by atoms with Crippen LogP contribution in [-0.4, -0.2) is 15.6 Å². The van der Waals surface area contributed by atoms with E-state index in [4.69, 9.17) is 23.2 Å². The summed E-state index contributed by atoms with van der Waals surface area (Å²) in [4.78, 5) is 25.1. The Labute approximate surface area is 184 Å². The summed E-state index contributed by atoms with van der Waals surface area (Å²) < 4.78 is 1.95. The van der Waals surface area contributed by atoms with Crippen molar-refractivity contribution in [3.63, 3.8) is 0 Å². The number of rotatable bonds is 3. The molecule has 0 atom stereocenters. The van der Waals surface area contributed by atoms with Gasteiger partial charge in [-0.25, -0.2) is 0 Å². The molecule has 29 heavy (non-hydrogen) atoms. The van der Waals surface area contributed by atoms with Gasteiger partial charge in [0.1, 0.15) is 5.69 Å². The monoisotopic (exact) mass is 486 g/mol. The zero-order chi connectivity index (χ0) is 20.7. The van der Waals surface area contributed by atoms with Crippen molar-refractivity contribution in [2.45, 2.75) is 6.92 Å². The minimum absolute atomic E-state index is 0.0701. The molecule has 0 fully saturated rings. The average Bonchev–Trinajstić information content (AvgIpc) is 2.69. The first-order valence-electron chi connectivity index (χ1n) is 8.65. The molecular weight excluding hydrogens is 475 g/mol. The summed E-state index contributed by atoms with van der Waals surface area (Å²) in [5.74, 6) is -0.0701. The van der Waals surface area contributed by atoms with Gasteiger partial charge >= 0.3 is 0 Å². The molecule has 0 spiro atoms. The van der Waals surface area contributed by atoms with Crippen molar-refractivity contribution in [2.75, 3.05) is 0 Å². The highest BCUT2D eigenvalue weighted by Gasteiger charge is 2.18. The minimum atomic E-state index is -0.332. The highest BCUT2D eigenvalue weighted by molar-refractivity contribution is 9.10. The molecular formula is C22H13BrCl2N2O2. The Morgan fingerprint density at radius 2 is 1.62 bits per heavy atom. The van der Waals surface area contributed by atoms with Crippen LogP contribution in [0.15, 0.2) is 69.9 Å². The van der Waals surface area contributed by atoms with Gasteiger partial charge in [-0.1, -0.05) is 63.4 Å². The quantitative estimate of drug-likeness (QED) is 0.317. The fraction of sp³-hybridized carbons (Fsp3) is 0.0455. The van der Waals surface area contributed by atoms with E-state index in [1.807, 2.05) is 18.2 Å². The maximum absolute atomic E-state index is 13.2. The smallest absolute Gasteiger partial charge is 0.279 e. The molecule has 7 heteroatoms. The lowest BCUT2D eigenvalue weighted by Crippen LogP contribution is -2.23. The summed E-state index contributed by atoms with van der Waals surface area (Å²) in [6.07, 6.45) is 0. The zero-order valence-corrected chi connectivity index (χ0v) is 18.2. The molecule has 0 unspecified atom stereocenters. The number of carbonyl (C=O) groups is 1. The number of ketones is 1. The number of para-hydroxylation sites is 1. The Morgan fingerprint density at radius 1 is 0.966 bits per heavy atom. The number of carbonyl (C=O) groups excluding carboxylic acids is 1. The molecule has 0 amide bonds. The van der Waals surface area contributed by atoms with Crippen LogP contribution >= 0.6 is 39.1 Å². The van der Waals surface area contributed by atoms with Gasteiger partial charge in [0, 0.05) is 21.0 Å². The predicted octanol–water partition coefficient (Wildman–Crippen LogP) is 6.32. The molecule has 1 heterocycles. The van der Waals surface area contributed by atoms with Crippen molar-refractivity contribution in [3.05, 3.63) is 91.1 Å². The van der Waals surface area contributed by atoms with Gasteiger partial charge < -0.3 is 0 Å². The third kappa shape index (κ3) is 3.62. The van der Waals surface area contributed by atoms with E-state index in [-0.39, 0.29) is 11.3 Å². The summed E-state index contributed by atoms with van der Waals surface area (Å²) >= 11 is 16.1. The van der Waals surface area contributed by atoms with E-state index in [9.17, 15) is 9.59 Å². The second-order valence-corrected chi connectivity index (χ2v) is 8.20. The Morgan fingerprint density at radius 3 is 2.28 bits per heavy atom. The fourth-order valence-electron chi connectivity index (χ4n) is 3.18. The standard InChI is InChI=1S/C22H13BrCl2N2O2/c1-12(28)13-9-14(11-15(23)10-13)20-16-5-2-3-6-17(16)22(29)27(26-20)21-18(24)7-4-8-19(21)25/h2-11H,1H3. The van der Waals surface area contributed by atoms with Gasteiger partial charge in [0.2, 0.25) is 0 Å². The fourth-order valence-corrected chi connectivity index (χ4v) is 4.23. The Balaban J connectivity index is 2.13. The van der Waals surface area contributed by atoms with E-state index in [0.717, 1.165) is 4.47 Å². The van der Waals surface area contributed by atoms with Gasteiger partial charge in [-0.2, -0.15) is 9.78 Å². The average molecular weight is 488 g/mol.